The lowest BCUT2D eigenvalue weighted by molar-refractivity contribution is -0.126. The molecule has 3 amide bonds. The standard InChI is InChI=1S/C34H67N3O6/c1-28(2)10-7-11-29(3)12-8-13-30(4)14-9-15-31(5)18-19-36-33(39)16-17-34(40)37-21-23-42-25-27-43-26-24-41-22-20-35-32(6)38/h28-31H,7-27H2,1-6H3,(H,35,38)(H,36,39)(H,37,40). The smallest absolute Gasteiger partial charge is 0.220 e. The molecule has 254 valence electrons. The van der Waals surface area contributed by atoms with E-state index in [0.29, 0.717) is 65.2 Å². The van der Waals surface area contributed by atoms with E-state index in [1.165, 1.54) is 64.7 Å². The molecule has 0 fully saturated rings. The highest BCUT2D eigenvalue weighted by molar-refractivity contribution is 5.83. The number of hydrogen-bond donors (Lipinski definition) is 3. The second-order valence-corrected chi connectivity index (χ2v) is 12.8. The van der Waals surface area contributed by atoms with Crippen LogP contribution in [0.25, 0.3) is 0 Å². The number of nitrogens with one attached hydrogen (secondary N) is 3. The zero-order valence-electron chi connectivity index (χ0n) is 28.6. The van der Waals surface area contributed by atoms with Crippen molar-refractivity contribution in [3.63, 3.8) is 0 Å². The minimum Gasteiger partial charge on any atom is -0.377 e. The molecular formula is C34H67N3O6. The molecule has 0 aromatic carbocycles. The summed E-state index contributed by atoms with van der Waals surface area (Å²) in [5, 5.41) is 8.39. The SMILES string of the molecule is CC(=O)NCCOCCOCCOCCNC(=O)CCC(=O)NCCC(C)CCCC(C)CCCC(C)CCCC(C)C. The fourth-order valence-corrected chi connectivity index (χ4v) is 4.90. The third-order valence-electron chi connectivity index (χ3n) is 7.74. The van der Waals surface area contributed by atoms with E-state index in [2.05, 4.69) is 50.6 Å². The second kappa shape index (κ2) is 29.0. The van der Waals surface area contributed by atoms with Crippen molar-refractivity contribution >= 4 is 17.7 Å². The fraction of sp³-hybridized carbons (Fsp3) is 0.912. The zero-order valence-corrected chi connectivity index (χ0v) is 28.6. The number of rotatable bonds is 30. The summed E-state index contributed by atoms with van der Waals surface area (Å²) in [6.45, 7) is 17.4. The maximum Gasteiger partial charge on any atom is 0.220 e. The molecule has 9 heteroatoms. The maximum absolute atomic E-state index is 12.1. The molecule has 0 rings (SSSR count). The third-order valence-corrected chi connectivity index (χ3v) is 7.74. The monoisotopic (exact) mass is 614 g/mol. The summed E-state index contributed by atoms with van der Waals surface area (Å²) in [5.74, 6) is 2.80. The minimum atomic E-state index is -0.144. The Morgan fingerprint density at radius 1 is 0.488 bits per heavy atom. The number of carbonyl (C=O) groups is 3. The largest absolute Gasteiger partial charge is 0.377 e. The van der Waals surface area contributed by atoms with Crippen molar-refractivity contribution < 1.29 is 28.6 Å². The number of carbonyl (C=O) groups excluding carboxylic acids is 3. The highest BCUT2D eigenvalue weighted by Gasteiger charge is 2.10. The van der Waals surface area contributed by atoms with Gasteiger partial charge in [0.15, 0.2) is 0 Å². The Kier molecular flexibility index (Phi) is 27.9. The number of amides is 3. The Bertz CT molecular complexity index is 691. The summed E-state index contributed by atoms with van der Waals surface area (Å²) in [5.41, 5.74) is 0. The Labute approximate surface area is 263 Å². The van der Waals surface area contributed by atoms with Gasteiger partial charge in [-0.15, -0.1) is 0 Å². The van der Waals surface area contributed by atoms with E-state index in [1.54, 1.807) is 0 Å². The van der Waals surface area contributed by atoms with Gasteiger partial charge in [0.1, 0.15) is 0 Å². The molecule has 0 aliphatic heterocycles. The van der Waals surface area contributed by atoms with Gasteiger partial charge in [-0.3, -0.25) is 14.4 Å². The summed E-state index contributed by atoms with van der Waals surface area (Å²) in [6, 6.07) is 0. The van der Waals surface area contributed by atoms with Crippen LogP contribution in [-0.2, 0) is 28.6 Å². The van der Waals surface area contributed by atoms with Crippen LogP contribution in [0.4, 0.5) is 0 Å². The molecule has 3 atom stereocenters. The van der Waals surface area contributed by atoms with Crippen LogP contribution in [0.15, 0.2) is 0 Å². The summed E-state index contributed by atoms with van der Waals surface area (Å²) in [4.78, 5) is 34.8. The van der Waals surface area contributed by atoms with E-state index >= 15 is 0 Å². The van der Waals surface area contributed by atoms with E-state index in [0.717, 1.165) is 24.2 Å². The van der Waals surface area contributed by atoms with Crippen LogP contribution in [0.1, 0.15) is 119 Å². The summed E-state index contributed by atoms with van der Waals surface area (Å²) >= 11 is 0. The van der Waals surface area contributed by atoms with Crippen LogP contribution in [0, 0.1) is 23.7 Å². The molecule has 9 nitrogen and oxygen atoms in total. The van der Waals surface area contributed by atoms with E-state index < -0.39 is 0 Å². The van der Waals surface area contributed by atoms with Gasteiger partial charge in [-0.1, -0.05) is 92.4 Å². The predicted molar refractivity (Wildman–Crippen MR) is 175 cm³/mol. The molecule has 0 saturated heterocycles. The molecule has 0 aliphatic carbocycles. The topological polar surface area (TPSA) is 115 Å². The molecule has 0 aliphatic rings. The van der Waals surface area contributed by atoms with E-state index in [9.17, 15) is 14.4 Å². The first-order valence-electron chi connectivity index (χ1n) is 17.1. The molecule has 3 unspecified atom stereocenters. The Morgan fingerprint density at radius 3 is 1.30 bits per heavy atom. The number of hydrogen-bond acceptors (Lipinski definition) is 6. The highest BCUT2D eigenvalue weighted by atomic mass is 16.5. The number of ether oxygens (including phenoxy) is 3. The van der Waals surface area contributed by atoms with Crippen LogP contribution in [0.3, 0.4) is 0 Å². The van der Waals surface area contributed by atoms with Crippen molar-refractivity contribution in [2.75, 3.05) is 59.3 Å². The van der Waals surface area contributed by atoms with Gasteiger partial charge in [-0.05, 0) is 30.1 Å². The molecular weight excluding hydrogens is 546 g/mol. The maximum atomic E-state index is 12.1. The molecule has 0 aromatic rings. The van der Waals surface area contributed by atoms with Gasteiger partial charge in [0.25, 0.3) is 0 Å². The zero-order chi connectivity index (χ0) is 32.1. The molecule has 43 heavy (non-hydrogen) atoms. The lowest BCUT2D eigenvalue weighted by Crippen LogP contribution is -2.30. The van der Waals surface area contributed by atoms with Gasteiger partial charge in [-0.25, -0.2) is 0 Å². The van der Waals surface area contributed by atoms with Crippen molar-refractivity contribution in [1.29, 1.82) is 0 Å². The first kappa shape index (κ1) is 41.3. The van der Waals surface area contributed by atoms with E-state index in [-0.39, 0.29) is 30.6 Å². The quantitative estimate of drug-likeness (QED) is 0.0902. The first-order valence-corrected chi connectivity index (χ1v) is 17.1. The van der Waals surface area contributed by atoms with Gasteiger partial charge in [-0.2, -0.15) is 0 Å². The van der Waals surface area contributed by atoms with Crippen molar-refractivity contribution in [3.05, 3.63) is 0 Å². The predicted octanol–water partition coefficient (Wildman–Crippen LogP) is 5.65. The second-order valence-electron chi connectivity index (χ2n) is 12.8. The van der Waals surface area contributed by atoms with Crippen molar-refractivity contribution in [2.45, 2.75) is 119 Å². The van der Waals surface area contributed by atoms with Crippen LogP contribution in [-0.4, -0.2) is 77.0 Å². The summed E-state index contributed by atoms with van der Waals surface area (Å²) < 4.78 is 16.1. The summed E-state index contributed by atoms with van der Waals surface area (Å²) in [6.07, 6.45) is 13.3. The van der Waals surface area contributed by atoms with Crippen LogP contribution >= 0.6 is 0 Å². The third kappa shape index (κ3) is 31.5. The highest BCUT2D eigenvalue weighted by Crippen LogP contribution is 2.22. The first-order chi connectivity index (χ1) is 20.6. The van der Waals surface area contributed by atoms with Crippen LogP contribution in [0.2, 0.25) is 0 Å². The molecule has 0 bridgehead atoms. The minimum absolute atomic E-state index is 0.0677. The molecule has 0 radical (unpaired) electrons. The fourth-order valence-electron chi connectivity index (χ4n) is 4.90. The van der Waals surface area contributed by atoms with Gasteiger partial charge in [0, 0.05) is 39.4 Å². The molecule has 0 saturated carbocycles. The summed E-state index contributed by atoms with van der Waals surface area (Å²) in [7, 11) is 0. The average molecular weight is 614 g/mol. The van der Waals surface area contributed by atoms with Crippen LogP contribution < -0.4 is 16.0 Å². The van der Waals surface area contributed by atoms with Gasteiger partial charge >= 0.3 is 0 Å². The van der Waals surface area contributed by atoms with Crippen molar-refractivity contribution in [1.82, 2.24) is 16.0 Å². The van der Waals surface area contributed by atoms with Crippen molar-refractivity contribution in [3.8, 4) is 0 Å². The van der Waals surface area contributed by atoms with E-state index in [4.69, 9.17) is 14.2 Å². The van der Waals surface area contributed by atoms with Gasteiger partial charge < -0.3 is 30.2 Å². The average Bonchev–Trinajstić information content (AvgIpc) is 2.94. The van der Waals surface area contributed by atoms with Crippen molar-refractivity contribution in [2.24, 2.45) is 23.7 Å². The Balaban J connectivity index is 3.56. The lowest BCUT2D eigenvalue weighted by atomic mass is 9.91. The lowest BCUT2D eigenvalue weighted by Gasteiger charge is -2.16. The molecule has 3 N–H and O–H groups in total. The Morgan fingerprint density at radius 2 is 0.860 bits per heavy atom. The van der Waals surface area contributed by atoms with Crippen LogP contribution in [0.5, 0.6) is 0 Å². The normalized spacial score (nSPS) is 13.5. The van der Waals surface area contributed by atoms with Gasteiger partial charge in [0.2, 0.25) is 17.7 Å². The molecule has 0 heterocycles. The van der Waals surface area contributed by atoms with Gasteiger partial charge in [0.05, 0.1) is 39.6 Å². The van der Waals surface area contributed by atoms with E-state index in [1.807, 2.05) is 0 Å². The molecule has 0 spiro atoms. The molecule has 0 aromatic heterocycles. The Hall–Kier alpha value is -1.71.